The lowest BCUT2D eigenvalue weighted by molar-refractivity contribution is -0.142. The van der Waals surface area contributed by atoms with Crippen molar-refractivity contribution in [3.05, 3.63) is 0 Å². The highest BCUT2D eigenvalue weighted by Gasteiger charge is 2.46. The second-order valence-corrected chi connectivity index (χ2v) is 7.30. The Balaban J connectivity index is 2.98. The molecule has 1 heterocycles. The molecular formula is C17H31N3O4. The Hall–Kier alpha value is -1.79. The summed E-state index contributed by atoms with van der Waals surface area (Å²) in [5.74, 6) is -1.26. The minimum absolute atomic E-state index is 0.105. The first-order valence-corrected chi connectivity index (χ1v) is 8.49. The van der Waals surface area contributed by atoms with Crippen LogP contribution in [-0.2, 0) is 14.3 Å². The van der Waals surface area contributed by atoms with Crippen LogP contribution in [0.15, 0.2) is 0 Å². The molecule has 0 radical (unpaired) electrons. The van der Waals surface area contributed by atoms with E-state index in [1.54, 1.807) is 44.7 Å². The van der Waals surface area contributed by atoms with Gasteiger partial charge < -0.3 is 19.4 Å². The van der Waals surface area contributed by atoms with Crippen molar-refractivity contribution in [1.29, 1.82) is 0 Å². The van der Waals surface area contributed by atoms with Crippen molar-refractivity contribution in [2.24, 2.45) is 11.8 Å². The minimum atomic E-state index is -0.612. The van der Waals surface area contributed by atoms with Gasteiger partial charge in [0.2, 0.25) is 11.8 Å². The highest BCUT2D eigenvalue weighted by atomic mass is 16.6. The molecule has 0 spiro atoms. The molecule has 1 aliphatic rings. The molecule has 0 N–H and O–H groups in total. The van der Waals surface area contributed by atoms with Crippen molar-refractivity contribution in [3.63, 3.8) is 0 Å². The minimum Gasteiger partial charge on any atom is -0.444 e. The zero-order valence-electron chi connectivity index (χ0n) is 16.0. The van der Waals surface area contributed by atoms with Gasteiger partial charge in [0.25, 0.3) is 0 Å². The molecule has 24 heavy (non-hydrogen) atoms. The first-order valence-electron chi connectivity index (χ1n) is 8.49. The van der Waals surface area contributed by atoms with E-state index < -0.39 is 23.5 Å². The van der Waals surface area contributed by atoms with Gasteiger partial charge >= 0.3 is 6.09 Å². The normalized spacial score (nSPS) is 20.7. The third kappa shape index (κ3) is 4.85. The SMILES string of the molecule is CCN(C)C(=O)[C@H]1CN(C(=O)OC(C)(C)C)C[C@@H]1C(=O)N(C)CC. The first-order chi connectivity index (χ1) is 11.0. The van der Waals surface area contributed by atoms with Gasteiger partial charge in [-0.25, -0.2) is 4.79 Å². The van der Waals surface area contributed by atoms with Crippen LogP contribution in [0.25, 0.3) is 0 Å². The summed E-state index contributed by atoms with van der Waals surface area (Å²) in [6.07, 6.45) is -0.478. The number of nitrogens with zero attached hydrogens (tertiary/aromatic N) is 3. The molecule has 0 saturated carbocycles. The van der Waals surface area contributed by atoms with Gasteiger partial charge in [-0.2, -0.15) is 0 Å². The van der Waals surface area contributed by atoms with E-state index >= 15 is 0 Å². The second-order valence-electron chi connectivity index (χ2n) is 7.30. The van der Waals surface area contributed by atoms with E-state index in [1.807, 2.05) is 13.8 Å². The fourth-order valence-corrected chi connectivity index (χ4v) is 2.66. The Labute approximate surface area is 144 Å². The Bertz CT molecular complexity index is 457. The van der Waals surface area contributed by atoms with Crippen LogP contribution in [0.5, 0.6) is 0 Å². The van der Waals surface area contributed by atoms with Crippen molar-refractivity contribution >= 4 is 17.9 Å². The quantitative estimate of drug-likeness (QED) is 0.775. The highest BCUT2D eigenvalue weighted by molar-refractivity contribution is 5.89. The maximum Gasteiger partial charge on any atom is 0.410 e. The zero-order chi connectivity index (χ0) is 18.7. The lowest BCUT2D eigenvalue weighted by Crippen LogP contribution is -2.42. The number of ether oxygens (including phenoxy) is 1. The summed E-state index contributed by atoms with van der Waals surface area (Å²) in [6.45, 7) is 10.7. The molecule has 7 nitrogen and oxygen atoms in total. The molecular weight excluding hydrogens is 310 g/mol. The Morgan fingerprint density at radius 1 is 0.958 bits per heavy atom. The predicted molar refractivity (Wildman–Crippen MR) is 91.4 cm³/mol. The number of carbonyl (C=O) groups is 3. The smallest absolute Gasteiger partial charge is 0.410 e. The predicted octanol–water partition coefficient (Wildman–Crippen LogP) is 1.43. The van der Waals surface area contributed by atoms with Crippen LogP contribution in [0.2, 0.25) is 0 Å². The van der Waals surface area contributed by atoms with Crippen LogP contribution in [0.3, 0.4) is 0 Å². The molecule has 0 aromatic rings. The molecule has 0 aromatic heterocycles. The number of rotatable bonds is 4. The van der Waals surface area contributed by atoms with Gasteiger partial charge in [-0.15, -0.1) is 0 Å². The lowest BCUT2D eigenvalue weighted by Gasteiger charge is -2.25. The molecule has 7 heteroatoms. The van der Waals surface area contributed by atoms with Gasteiger partial charge in [0.1, 0.15) is 5.60 Å². The lowest BCUT2D eigenvalue weighted by atomic mass is 9.93. The molecule has 2 atom stereocenters. The first kappa shape index (κ1) is 20.3. The van der Waals surface area contributed by atoms with E-state index in [1.165, 1.54) is 4.90 Å². The Kier molecular flexibility index (Phi) is 6.63. The highest BCUT2D eigenvalue weighted by Crippen LogP contribution is 2.28. The van der Waals surface area contributed by atoms with E-state index in [0.29, 0.717) is 13.1 Å². The van der Waals surface area contributed by atoms with Crippen molar-refractivity contribution < 1.29 is 19.1 Å². The number of likely N-dealkylation sites (tertiary alicyclic amines) is 1. The van der Waals surface area contributed by atoms with Crippen LogP contribution in [0, 0.1) is 11.8 Å². The fraction of sp³-hybridized carbons (Fsp3) is 0.824. The summed E-state index contributed by atoms with van der Waals surface area (Å²) < 4.78 is 5.39. The van der Waals surface area contributed by atoms with Gasteiger partial charge in [0, 0.05) is 40.3 Å². The van der Waals surface area contributed by atoms with E-state index in [-0.39, 0.29) is 24.9 Å². The van der Waals surface area contributed by atoms with Crippen LogP contribution in [0.1, 0.15) is 34.6 Å². The topological polar surface area (TPSA) is 70.2 Å². The molecule has 0 aliphatic carbocycles. The number of hydrogen-bond acceptors (Lipinski definition) is 4. The van der Waals surface area contributed by atoms with E-state index in [4.69, 9.17) is 4.74 Å². The summed E-state index contributed by atoms with van der Waals surface area (Å²) in [7, 11) is 3.42. The van der Waals surface area contributed by atoms with E-state index in [2.05, 4.69) is 0 Å². The van der Waals surface area contributed by atoms with Gasteiger partial charge in [0.05, 0.1) is 11.8 Å². The second kappa shape index (κ2) is 7.85. The van der Waals surface area contributed by atoms with Gasteiger partial charge in [-0.05, 0) is 34.6 Å². The van der Waals surface area contributed by atoms with Crippen molar-refractivity contribution in [2.75, 3.05) is 40.3 Å². The van der Waals surface area contributed by atoms with E-state index in [0.717, 1.165) is 0 Å². The maximum absolute atomic E-state index is 12.6. The largest absolute Gasteiger partial charge is 0.444 e. The standard InChI is InChI=1S/C17H31N3O4/c1-8-18(6)14(21)12-10-20(16(23)24-17(3,4)5)11-13(12)15(22)19(7)9-2/h12-13H,8-11H2,1-7H3/t12-,13-/m0/s1. The summed E-state index contributed by atoms with van der Waals surface area (Å²) in [6, 6.07) is 0. The van der Waals surface area contributed by atoms with Crippen LogP contribution in [0.4, 0.5) is 4.79 Å². The number of hydrogen-bond donors (Lipinski definition) is 0. The summed E-state index contributed by atoms with van der Waals surface area (Å²) in [5, 5.41) is 0. The van der Waals surface area contributed by atoms with Crippen LogP contribution < -0.4 is 0 Å². The third-order valence-electron chi connectivity index (χ3n) is 4.31. The van der Waals surface area contributed by atoms with Crippen molar-refractivity contribution in [2.45, 2.75) is 40.2 Å². The molecule has 0 aromatic carbocycles. The Morgan fingerprint density at radius 2 is 1.33 bits per heavy atom. The van der Waals surface area contributed by atoms with Crippen molar-refractivity contribution in [3.8, 4) is 0 Å². The van der Waals surface area contributed by atoms with Gasteiger partial charge in [-0.3, -0.25) is 9.59 Å². The molecule has 0 bridgehead atoms. The number of carbonyl (C=O) groups excluding carboxylic acids is 3. The molecule has 1 rings (SSSR count). The molecule has 138 valence electrons. The summed E-state index contributed by atoms with van der Waals surface area (Å²) in [5.41, 5.74) is -0.612. The average molecular weight is 341 g/mol. The van der Waals surface area contributed by atoms with E-state index in [9.17, 15) is 14.4 Å². The van der Waals surface area contributed by atoms with Crippen molar-refractivity contribution in [1.82, 2.24) is 14.7 Å². The fourth-order valence-electron chi connectivity index (χ4n) is 2.66. The monoisotopic (exact) mass is 341 g/mol. The molecule has 1 saturated heterocycles. The molecule has 3 amide bonds. The van der Waals surface area contributed by atoms with Gasteiger partial charge in [0.15, 0.2) is 0 Å². The molecule has 0 unspecified atom stereocenters. The third-order valence-corrected chi connectivity index (χ3v) is 4.31. The summed E-state index contributed by atoms with van der Waals surface area (Å²) >= 11 is 0. The Morgan fingerprint density at radius 3 is 1.62 bits per heavy atom. The molecule has 1 aliphatic heterocycles. The van der Waals surface area contributed by atoms with Crippen LogP contribution >= 0.6 is 0 Å². The van der Waals surface area contributed by atoms with Crippen LogP contribution in [-0.4, -0.2) is 78.5 Å². The maximum atomic E-state index is 12.6. The zero-order valence-corrected chi connectivity index (χ0v) is 16.0. The van der Waals surface area contributed by atoms with Gasteiger partial charge in [-0.1, -0.05) is 0 Å². The average Bonchev–Trinajstić information content (AvgIpc) is 2.95. The molecule has 1 fully saturated rings. The summed E-state index contributed by atoms with van der Waals surface area (Å²) in [4.78, 5) is 42.3. The number of amides is 3.